The molecule has 0 saturated heterocycles. The van der Waals surface area contributed by atoms with E-state index in [4.69, 9.17) is 0 Å². The van der Waals surface area contributed by atoms with Crippen LogP contribution in [0.5, 0.6) is 0 Å². The highest BCUT2D eigenvalue weighted by atomic mass is 16.3. The Morgan fingerprint density at radius 2 is 1.68 bits per heavy atom. The van der Waals surface area contributed by atoms with E-state index in [9.17, 15) is 19.5 Å². The van der Waals surface area contributed by atoms with Gasteiger partial charge in [-0.1, -0.05) is 29.8 Å². The minimum absolute atomic E-state index is 0.163. The molecule has 0 amide bonds. The van der Waals surface area contributed by atoms with Crippen LogP contribution < -0.4 is 0 Å². The SMILES string of the molecule is CC(=O)[C@H]1C(=O)C[C@](C)(O)[C@H](C(C)=O)[C@@H]1c1ccc(C)cc1. The van der Waals surface area contributed by atoms with Crippen molar-refractivity contribution in [3.8, 4) is 0 Å². The maximum Gasteiger partial charge on any atom is 0.146 e. The van der Waals surface area contributed by atoms with E-state index >= 15 is 0 Å². The summed E-state index contributed by atoms with van der Waals surface area (Å²) in [7, 11) is 0. The van der Waals surface area contributed by atoms with Crippen molar-refractivity contribution in [1.82, 2.24) is 0 Å². The van der Waals surface area contributed by atoms with Crippen LogP contribution in [0.15, 0.2) is 24.3 Å². The van der Waals surface area contributed by atoms with E-state index in [1.165, 1.54) is 20.8 Å². The molecule has 4 nitrogen and oxygen atoms in total. The zero-order valence-electron chi connectivity index (χ0n) is 13.4. The molecule has 22 heavy (non-hydrogen) atoms. The van der Waals surface area contributed by atoms with Crippen molar-refractivity contribution in [2.45, 2.75) is 45.6 Å². The average molecular weight is 302 g/mol. The lowest BCUT2D eigenvalue weighted by Gasteiger charge is -2.44. The van der Waals surface area contributed by atoms with Crippen LogP contribution in [0.2, 0.25) is 0 Å². The Kier molecular flexibility index (Phi) is 4.34. The summed E-state index contributed by atoms with van der Waals surface area (Å²) in [5.41, 5.74) is 0.375. The van der Waals surface area contributed by atoms with Gasteiger partial charge in [-0.3, -0.25) is 14.4 Å². The van der Waals surface area contributed by atoms with Gasteiger partial charge in [-0.05, 0) is 33.3 Å². The van der Waals surface area contributed by atoms with Crippen molar-refractivity contribution >= 4 is 17.3 Å². The highest BCUT2D eigenvalue weighted by Gasteiger charge is 2.53. The van der Waals surface area contributed by atoms with E-state index in [2.05, 4.69) is 0 Å². The molecule has 1 aliphatic rings. The molecule has 0 unspecified atom stereocenters. The second-order valence-corrected chi connectivity index (χ2v) is 6.61. The molecule has 4 atom stereocenters. The van der Waals surface area contributed by atoms with Gasteiger partial charge in [-0.2, -0.15) is 0 Å². The van der Waals surface area contributed by atoms with Gasteiger partial charge in [0.15, 0.2) is 0 Å². The number of aliphatic hydroxyl groups is 1. The third-order valence-corrected chi connectivity index (χ3v) is 4.61. The van der Waals surface area contributed by atoms with Crippen molar-refractivity contribution in [3.63, 3.8) is 0 Å². The molecular formula is C18H22O4. The zero-order chi connectivity index (χ0) is 16.7. The van der Waals surface area contributed by atoms with Crippen LogP contribution in [0.4, 0.5) is 0 Å². The lowest BCUT2D eigenvalue weighted by atomic mass is 9.60. The third-order valence-electron chi connectivity index (χ3n) is 4.61. The van der Waals surface area contributed by atoms with Crippen LogP contribution in [0.3, 0.4) is 0 Å². The molecule has 0 aliphatic heterocycles. The molecule has 1 aliphatic carbocycles. The maximum absolute atomic E-state index is 12.4. The van der Waals surface area contributed by atoms with Gasteiger partial charge in [-0.15, -0.1) is 0 Å². The summed E-state index contributed by atoms with van der Waals surface area (Å²) in [6.07, 6.45) is -0.163. The van der Waals surface area contributed by atoms with Gasteiger partial charge in [-0.25, -0.2) is 0 Å². The molecule has 1 aromatic rings. The molecule has 0 radical (unpaired) electrons. The Morgan fingerprint density at radius 1 is 1.14 bits per heavy atom. The zero-order valence-corrected chi connectivity index (χ0v) is 13.4. The van der Waals surface area contributed by atoms with E-state index in [0.717, 1.165) is 11.1 Å². The standard InChI is InChI=1S/C18H22O4/c1-10-5-7-13(8-6-10)16-15(11(2)19)14(21)9-18(4,22)17(16)12(3)20/h5-8,15-17,22H,9H2,1-4H3/t15-,16+,17+,18-/m0/s1. The molecule has 0 spiro atoms. The summed E-state index contributed by atoms with van der Waals surface area (Å²) < 4.78 is 0. The van der Waals surface area contributed by atoms with Crippen molar-refractivity contribution in [2.75, 3.05) is 0 Å². The molecular weight excluding hydrogens is 280 g/mol. The van der Waals surface area contributed by atoms with Crippen LogP contribution in [0.25, 0.3) is 0 Å². The van der Waals surface area contributed by atoms with Gasteiger partial charge < -0.3 is 5.11 Å². The lowest BCUT2D eigenvalue weighted by Crippen LogP contribution is -2.53. The van der Waals surface area contributed by atoms with Crippen LogP contribution in [0.1, 0.15) is 44.2 Å². The minimum Gasteiger partial charge on any atom is -0.389 e. The molecule has 4 heteroatoms. The number of hydrogen-bond donors (Lipinski definition) is 1. The van der Waals surface area contributed by atoms with Crippen molar-refractivity contribution in [1.29, 1.82) is 0 Å². The first kappa shape index (κ1) is 16.6. The molecule has 2 rings (SSSR count). The number of carbonyl (C=O) groups excluding carboxylic acids is 3. The lowest BCUT2D eigenvalue weighted by molar-refractivity contribution is -0.151. The smallest absolute Gasteiger partial charge is 0.146 e. The number of carbonyl (C=O) groups is 3. The number of ketones is 3. The number of hydrogen-bond acceptors (Lipinski definition) is 4. The molecule has 0 heterocycles. The predicted octanol–water partition coefficient (Wildman–Crippen LogP) is 2.21. The Balaban J connectivity index is 2.61. The number of Topliss-reactive ketones (excluding diaryl/α,β-unsaturated/α-hetero) is 3. The highest BCUT2D eigenvalue weighted by Crippen LogP contribution is 2.46. The summed E-state index contributed by atoms with van der Waals surface area (Å²) in [5.74, 6) is -2.97. The van der Waals surface area contributed by atoms with E-state index in [1.807, 2.05) is 31.2 Å². The van der Waals surface area contributed by atoms with Gasteiger partial charge in [0.2, 0.25) is 0 Å². The fourth-order valence-corrected chi connectivity index (χ4v) is 3.70. The summed E-state index contributed by atoms with van der Waals surface area (Å²) in [5, 5.41) is 10.6. The summed E-state index contributed by atoms with van der Waals surface area (Å²) >= 11 is 0. The number of aryl methyl sites for hydroxylation is 1. The molecule has 1 fully saturated rings. The van der Waals surface area contributed by atoms with Crippen molar-refractivity contribution in [3.05, 3.63) is 35.4 Å². The van der Waals surface area contributed by atoms with Crippen molar-refractivity contribution < 1.29 is 19.5 Å². The van der Waals surface area contributed by atoms with Crippen LogP contribution in [0, 0.1) is 18.8 Å². The van der Waals surface area contributed by atoms with E-state index in [0.29, 0.717) is 0 Å². The fraction of sp³-hybridized carbons (Fsp3) is 0.500. The molecule has 0 aromatic heterocycles. The van der Waals surface area contributed by atoms with Gasteiger partial charge in [0, 0.05) is 12.3 Å². The quantitative estimate of drug-likeness (QED) is 0.869. The van der Waals surface area contributed by atoms with E-state index in [-0.39, 0.29) is 23.8 Å². The largest absolute Gasteiger partial charge is 0.389 e. The molecule has 0 bridgehead atoms. The number of benzene rings is 1. The maximum atomic E-state index is 12.4. The number of rotatable bonds is 3. The topological polar surface area (TPSA) is 71.4 Å². The van der Waals surface area contributed by atoms with Gasteiger partial charge in [0.1, 0.15) is 17.3 Å². The van der Waals surface area contributed by atoms with Gasteiger partial charge in [0.05, 0.1) is 17.4 Å². The Labute approximate surface area is 130 Å². The van der Waals surface area contributed by atoms with Crippen LogP contribution >= 0.6 is 0 Å². The van der Waals surface area contributed by atoms with Crippen molar-refractivity contribution in [2.24, 2.45) is 11.8 Å². The normalized spacial score (nSPS) is 31.9. The first-order valence-electron chi connectivity index (χ1n) is 7.47. The van der Waals surface area contributed by atoms with Gasteiger partial charge in [0.25, 0.3) is 0 Å². The first-order valence-corrected chi connectivity index (χ1v) is 7.47. The first-order chi connectivity index (χ1) is 10.1. The monoisotopic (exact) mass is 302 g/mol. The second-order valence-electron chi connectivity index (χ2n) is 6.61. The predicted molar refractivity (Wildman–Crippen MR) is 82.5 cm³/mol. The summed E-state index contributed by atoms with van der Waals surface area (Å²) in [6, 6.07) is 7.44. The molecule has 118 valence electrons. The highest BCUT2D eigenvalue weighted by molar-refractivity contribution is 6.05. The summed E-state index contributed by atoms with van der Waals surface area (Å²) in [6.45, 7) is 6.24. The van der Waals surface area contributed by atoms with Gasteiger partial charge >= 0.3 is 0 Å². The fourth-order valence-electron chi connectivity index (χ4n) is 3.70. The minimum atomic E-state index is -1.43. The van der Waals surface area contributed by atoms with Crippen LogP contribution in [-0.2, 0) is 14.4 Å². The third kappa shape index (κ3) is 2.88. The second kappa shape index (κ2) is 5.76. The average Bonchev–Trinajstić information content (AvgIpc) is 2.36. The molecule has 1 saturated carbocycles. The van der Waals surface area contributed by atoms with Crippen LogP contribution in [-0.4, -0.2) is 28.1 Å². The Bertz CT molecular complexity index is 612. The Morgan fingerprint density at radius 3 is 2.14 bits per heavy atom. The summed E-state index contributed by atoms with van der Waals surface area (Å²) in [4.78, 5) is 36.6. The van der Waals surface area contributed by atoms with E-state index in [1.54, 1.807) is 0 Å². The molecule has 1 N–H and O–H groups in total. The van der Waals surface area contributed by atoms with E-state index < -0.39 is 23.4 Å². The Hall–Kier alpha value is -1.81. The molecule has 1 aromatic carbocycles.